The van der Waals surface area contributed by atoms with Crippen LogP contribution in [-0.2, 0) is 12.0 Å². The molecule has 0 radical (unpaired) electrons. The second-order valence-electron chi connectivity index (χ2n) is 10.6. The van der Waals surface area contributed by atoms with Gasteiger partial charge in [0.1, 0.15) is 11.6 Å². The van der Waals surface area contributed by atoms with Crippen LogP contribution in [0.15, 0.2) is 22.2 Å². The summed E-state index contributed by atoms with van der Waals surface area (Å²) in [7, 11) is 1.69. The van der Waals surface area contributed by atoms with Crippen molar-refractivity contribution in [2.75, 3.05) is 44.9 Å². The Morgan fingerprint density at radius 2 is 1.76 bits per heavy atom. The molecule has 2 aliphatic heterocycles. The number of methoxy groups -OCH3 is 1. The molecule has 206 valence electrons. The highest BCUT2D eigenvalue weighted by Crippen LogP contribution is 2.42. The zero-order valence-electron chi connectivity index (χ0n) is 23.1. The van der Waals surface area contributed by atoms with Crippen LogP contribution in [0.1, 0.15) is 74.5 Å². The minimum Gasteiger partial charge on any atom is -0.494 e. The van der Waals surface area contributed by atoms with Gasteiger partial charge >= 0.3 is 0 Å². The standard InChI is InChI=1S/C29H37BrFN3O4/c1-7-37-23-15-19-16-34(28(32-30)24(19)25(31)27(23)38-8-2)17-22(35)18-13-20(29(3,4)5)26(36-6)21(14-18)33-11-9-10-12-33/h13-15H,7-12,16-17H2,1-6H3. The predicted octanol–water partition coefficient (Wildman–Crippen LogP) is 6.28. The van der Waals surface area contributed by atoms with Gasteiger partial charge in [0.2, 0.25) is 0 Å². The topological polar surface area (TPSA) is 63.6 Å². The Hall–Kier alpha value is -2.81. The van der Waals surface area contributed by atoms with Gasteiger partial charge in [0.05, 0.1) is 54.3 Å². The number of hydrogen-bond acceptors (Lipinski definition) is 6. The van der Waals surface area contributed by atoms with Gasteiger partial charge in [0.25, 0.3) is 0 Å². The van der Waals surface area contributed by atoms with E-state index in [1.54, 1.807) is 25.0 Å². The number of carbonyl (C=O) groups excluding carboxylic acids is 1. The summed E-state index contributed by atoms with van der Waals surface area (Å²) in [5.74, 6) is 0.996. The summed E-state index contributed by atoms with van der Waals surface area (Å²) >= 11 is 3.17. The molecule has 1 saturated heterocycles. The Morgan fingerprint density at radius 3 is 2.34 bits per heavy atom. The van der Waals surface area contributed by atoms with Gasteiger partial charge in [-0.05, 0) is 55.9 Å². The average molecular weight is 591 g/mol. The SMILES string of the molecule is CCOc1cc2c(c(F)c1OCC)C(=NBr)N(CC(=O)c1cc(N3CCCC3)c(OC)c(C(C)(C)C)c1)C2. The third-order valence-electron chi connectivity index (χ3n) is 7.01. The maximum atomic E-state index is 15.7. The van der Waals surface area contributed by atoms with E-state index >= 15 is 4.39 Å². The summed E-state index contributed by atoms with van der Waals surface area (Å²) in [6.45, 7) is 12.9. The Morgan fingerprint density at radius 1 is 1.08 bits per heavy atom. The summed E-state index contributed by atoms with van der Waals surface area (Å²) in [5.41, 5.74) is 3.34. The minimum atomic E-state index is -0.531. The number of ketones is 1. The normalized spacial score (nSPS) is 16.3. The lowest BCUT2D eigenvalue weighted by atomic mass is 9.84. The summed E-state index contributed by atoms with van der Waals surface area (Å²) in [4.78, 5) is 17.8. The minimum absolute atomic E-state index is 0.0435. The lowest BCUT2D eigenvalue weighted by molar-refractivity contribution is 0.0963. The number of ether oxygens (including phenoxy) is 3. The summed E-state index contributed by atoms with van der Waals surface area (Å²) < 4.78 is 37.0. The van der Waals surface area contributed by atoms with Crippen molar-refractivity contribution in [3.05, 3.63) is 46.3 Å². The van der Waals surface area contributed by atoms with Crippen LogP contribution in [0, 0.1) is 5.82 Å². The smallest absolute Gasteiger partial charge is 0.197 e. The van der Waals surface area contributed by atoms with Crippen LogP contribution in [0.4, 0.5) is 10.1 Å². The molecule has 2 aromatic rings. The molecule has 2 aliphatic rings. The lowest BCUT2D eigenvalue weighted by Crippen LogP contribution is -2.31. The average Bonchev–Trinajstić information content (AvgIpc) is 3.53. The zero-order valence-corrected chi connectivity index (χ0v) is 24.7. The molecule has 2 heterocycles. The van der Waals surface area contributed by atoms with Crippen LogP contribution in [0.3, 0.4) is 0 Å². The van der Waals surface area contributed by atoms with E-state index in [2.05, 4.69) is 45.8 Å². The van der Waals surface area contributed by atoms with E-state index in [9.17, 15) is 4.79 Å². The van der Waals surface area contributed by atoms with Crippen molar-refractivity contribution < 1.29 is 23.4 Å². The highest BCUT2D eigenvalue weighted by atomic mass is 79.9. The third kappa shape index (κ3) is 5.35. The van der Waals surface area contributed by atoms with Gasteiger partial charge in [0, 0.05) is 30.8 Å². The van der Waals surface area contributed by atoms with Crippen LogP contribution >= 0.6 is 16.1 Å². The largest absolute Gasteiger partial charge is 0.494 e. The Kier molecular flexibility index (Phi) is 8.55. The van der Waals surface area contributed by atoms with E-state index in [0.717, 1.165) is 42.9 Å². The molecule has 0 amide bonds. The summed E-state index contributed by atoms with van der Waals surface area (Å²) in [6.07, 6.45) is 2.23. The molecule has 0 saturated carbocycles. The summed E-state index contributed by atoms with van der Waals surface area (Å²) in [5, 5.41) is 0. The molecule has 1 fully saturated rings. The van der Waals surface area contributed by atoms with Crippen molar-refractivity contribution in [2.45, 2.75) is 59.4 Å². The molecule has 0 unspecified atom stereocenters. The van der Waals surface area contributed by atoms with Crippen LogP contribution < -0.4 is 19.1 Å². The quantitative estimate of drug-likeness (QED) is 0.320. The number of benzene rings is 2. The van der Waals surface area contributed by atoms with Crippen molar-refractivity contribution >= 4 is 33.5 Å². The fraction of sp³-hybridized carbons (Fsp3) is 0.517. The number of anilines is 1. The van der Waals surface area contributed by atoms with Crippen LogP contribution in [-0.4, -0.2) is 56.5 Å². The Labute approximate surface area is 233 Å². The van der Waals surface area contributed by atoms with Crippen molar-refractivity contribution in [3.8, 4) is 17.2 Å². The molecule has 7 nitrogen and oxygen atoms in total. The van der Waals surface area contributed by atoms with Crippen molar-refractivity contribution in [3.63, 3.8) is 0 Å². The fourth-order valence-corrected chi connectivity index (χ4v) is 5.64. The first kappa shape index (κ1) is 28.2. The first-order chi connectivity index (χ1) is 18.1. The van der Waals surface area contributed by atoms with Crippen molar-refractivity contribution in [2.24, 2.45) is 4.02 Å². The highest BCUT2D eigenvalue weighted by molar-refractivity contribution is 9.08. The van der Waals surface area contributed by atoms with E-state index in [-0.39, 0.29) is 23.5 Å². The van der Waals surface area contributed by atoms with Crippen LogP contribution in [0.25, 0.3) is 0 Å². The van der Waals surface area contributed by atoms with Gasteiger partial charge in [-0.25, -0.2) is 4.39 Å². The van der Waals surface area contributed by atoms with Gasteiger partial charge in [-0.2, -0.15) is 4.02 Å². The molecule has 0 aliphatic carbocycles. The van der Waals surface area contributed by atoms with E-state index < -0.39 is 5.82 Å². The number of hydrogen-bond donors (Lipinski definition) is 0. The molecule has 0 atom stereocenters. The number of halogens is 2. The fourth-order valence-electron chi connectivity index (χ4n) is 5.24. The molecule has 38 heavy (non-hydrogen) atoms. The monoisotopic (exact) mass is 589 g/mol. The van der Waals surface area contributed by atoms with Gasteiger partial charge in [0.15, 0.2) is 23.1 Å². The number of nitrogens with zero attached hydrogens (tertiary/aromatic N) is 3. The molecule has 0 bridgehead atoms. The second-order valence-corrected chi connectivity index (χ2v) is 11.0. The van der Waals surface area contributed by atoms with Crippen LogP contribution in [0.2, 0.25) is 0 Å². The van der Waals surface area contributed by atoms with Gasteiger partial charge in [-0.1, -0.05) is 20.8 Å². The van der Waals surface area contributed by atoms with Crippen molar-refractivity contribution in [1.82, 2.24) is 4.90 Å². The third-order valence-corrected chi connectivity index (χ3v) is 7.34. The number of Topliss-reactive ketones (excluding diaryl/α,β-unsaturated/α-hetero) is 1. The van der Waals surface area contributed by atoms with E-state index in [1.165, 1.54) is 0 Å². The molecule has 2 aromatic carbocycles. The zero-order chi connectivity index (χ0) is 27.6. The van der Waals surface area contributed by atoms with E-state index in [1.807, 2.05) is 19.1 Å². The Bertz CT molecular complexity index is 1240. The molecule has 0 N–H and O–H groups in total. The molecule has 0 spiro atoms. The number of fused-ring (bicyclic) bond motifs is 1. The molecular weight excluding hydrogens is 553 g/mol. The van der Waals surface area contributed by atoms with Gasteiger partial charge < -0.3 is 24.0 Å². The van der Waals surface area contributed by atoms with E-state index in [4.69, 9.17) is 14.2 Å². The lowest BCUT2D eigenvalue weighted by Gasteiger charge is -2.29. The van der Waals surface area contributed by atoms with Gasteiger partial charge in [-0.3, -0.25) is 4.79 Å². The first-order valence-electron chi connectivity index (χ1n) is 13.2. The summed E-state index contributed by atoms with van der Waals surface area (Å²) in [6, 6.07) is 5.67. The van der Waals surface area contributed by atoms with Crippen molar-refractivity contribution in [1.29, 1.82) is 0 Å². The maximum absolute atomic E-state index is 15.7. The first-order valence-corrected chi connectivity index (χ1v) is 13.9. The second kappa shape index (κ2) is 11.5. The number of rotatable bonds is 9. The Balaban J connectivity index is 1.70. The maximum Gasteiger partial charge on any atom is 0.197 e. The predicted molar refractivity (Wildman–Crippen MR) is 152 cm³/mol. The molecule has 0 aromatic heterocycles. The highest BCUT2D eigenvalue weighted by Gasteiger charge is 2.35. The molecular formula is C29H37BrFN3O4. The van der Waals surface area contributed by atoms with Gasteiger partial charge in [-0.15, -0.1) is 0 Å². The number of carbonyl (C=O) groups is 1. The number of amidine groups is 1. The molecule has 9 heteroatoms. The van der Waals surface area contributed by atoms with Crippen LogP contribution in [0.5, 0.6) is 17.2 Å². The van der Waals surface area contributed by atoms with E-state index in [0.29, 0.717) is 48.0 Å². The molecule has 4 rings (SSSR count).